The molecule has 4 heterocycles. The maximum Gasteiger partial charge on any atom is 0.407 e. The van der Waals surface area contributed by atoms with E-state index in [-0.39, 0.29) is 28.3 Å². The number of urea groups is 1. The number of benzene rings is 1. The Kier molecular flexibility index (Phi) is 10.0. The number of piperidine rings is 1. The summed E-state index contributed by atoms with van der Waals surface area (Å²) < 4.78 is 39.6. The third kappa shape index (κ3) is 8.12. The number of nitrogens with one attached hydrogen (secondary N) is 3. The van der Waals surface area contributed by atoms with Gasteiger partial charge in [0.1, 0.15) is 16.4 Å². The van der Waals surface area contributed by atoms with Crippen molar-refractivity contribution in [1.82, 2.24) is 24.3 Å². The molecule has 1 aromatic heterocycles. The number of hydrogen-bond acceptors (Lipinski definition) is 10. The van der Waals surface area contributed by atoms with Crippen LogP contribution in [0.4, 0.5) is 21.1 Å². The first-order valence-electron chi connectivity index (χ1n) is 15.0. The average Bonchev–Trinajstić information content (AvgIpc) is 3.61. The highest BCUT2D eigenvalue weighted by molar-refractivity contribution is 7.99. The van der Waals surface area contributed by atoms with Crippen LogP contribution in [0.3, 0.4) is 0 Å². The summed E-state index contributed by atoms with van der Waals surface area (Å²) in [4.78, 5) is 37.0. The van der Waals surface area contributed by atoms with E-state index >= 15 is 0 Å². The first kappa shape index (κ1) is 33.5. The number of nitrogens with zero attached hydrogens (tertiary/aromatic N) is 4. The monoisotopic (exact) mass is 681 g/mol. The number of rotatable bonds is 7. The normalized spacial score (nSPS) is 21.9. The largest absolute Gasteiger partial charge is 0.444 e. The van der Waals surface area contributed by atoms with Crippen LogP contribution in [-0.4, -0.2) is 85.3 Å². The van der Waals surface area contributed by atoms with Crippen molar-refractivity contribution in [2.24, 2.45) is 5.41 Å². The minimum Gasteiger partial charge on any atom is -0.444 e. The molecule has 0 radical (unpaired) electrons. The molecule has 5 rings (SSSR count). The molecule has 3 aliphatic rings. The Hall–Kier alpha value is -2.85. The van der Waals surface area contributed by atoms with Crippen molar-refractivity contribution >= 4 is 57.2 Å². The molecule has 45 heavy (non-hydrogen) atoms. The fourth-order valence-corrected chi connectivity index (χ4v) is 8.13. The van der Waals surface area contributed by atoms with Gasteiger partial charge in [-0.25, -0.2) is 24.3 Å². The number of aromatic nitrogens is 2. The Morgan fingerprint density at radius 1 is 1.11 bits per heavy atom. The molecule has 246 valence electrons. The van der Waals surface area contributed by atoms with Crippen LogP contribution in [0.5, 0.6) is 0 Å². The summed E-state index contributed by atoms with van der Waals surface area (Å²) in [6.45, 7) is 10.3. The number of carbonyl (C=O) groups excluding carboxylic acids is 2. The van der Waals surface area contributed by atoms with Crippen LogP contribution >= 0.6 is 23.4 Å². The summed E-state index contributed by atoms with van der Waals surface area (Å²) in [6.07, 6.45) is 6.01. The Bertz CT molecular complexity index is 1490. The molecule has 3 N–H and O–H groups in total. The maximum absolute atomic E-state index is 12.5. The number of amides is 3. The van der Waals surface area contributed by atoms with Crippen LogP contribution in [0.2, 0.25) is 5.02 Å². The number of halogens is 1. The van der Waals surface area contributed by atoms with E-state index in [1.807, 2.05) is 32.4 Å². The van der Waals surface area contributed by atoms with Gasteiger partial charge in [-0.2, -0.15) is 12.7 Å². The summed E-state index contributed by atoms with van der Waals surface area (Å²) >= 11 is 7.85. The lowest BCUT2D eigenvalue weighted by atomic mass is 9.73. The van der Waals surface area contributed by atoms with E-state index in [0.717, 1.165) is 44.6 Å². The summed E-state index contributed by atoms with van der Waals surface area (Å²) in [5.41, 5.74) is -0.486. The van der Waals surface area contributed by atoms with Gasteiger partial charge in [-0.15, -0.1) is 0 Å². The van der Waals surface area contributed by atoms with Gasteiger partial charge < -0.3 is 25.0 Å². The zero-order valence-electron chi connectivity index (χ0n) is 25.8. The predicted molar refractivity (Wildman–Crippen MR) is 172 cm³/mol. The number of ether oxygens (including phenoxy) is 2. The third-order valence-electron chi connectivity index (χ3n) is 8.19. The minimum absolute atomic E-state index is 0.113. The Morgan fingerprint density at radius 2 is 1.82 bits per heavy atom. The quantitative estimate of drug-likeness (QED) is 0.376. The molecule has 1 aromatic carbocycles. The molecule has 0 bridgehead atoms. The standard InChI is InChI=1S/C29H40ClN7O6S2/c1-19-25(34-27(39)43-28(2,3)4)29(18-42-19)10-14-36(15-11-29)22-16-32-23(17-31-22)44-21-9-7-8-20(24(21)30)33-26(38)35-45(40,41)37-12-5-6-13-37/h7-9,16-17,19,25H,5-6,10-15,18H2,1-4H3,(H,34,39)(H2,33,35,38)/t19-,25+/m0/s1. The SMILES string of the molecule is C[C@@H]1OCC2(CCN(c3cnc(Sc4cccc(NC(=O)NS(=O)(=O)N5CCCC5)c4Cl)cn3)CC2)[C@@H]1NC(=O)OC(C)(C)C. The van der Waals surface area contributed by atoms with E-state index in [0.29, 0.717) is 29.6 Å². The first-order chi connectivity index (χ1) is 21.2. The average molecular weight is 682 g/mol. The Labute approximate surface area is 273 Å². The van der Waals surface area contributed by atoms with Gasteiger partial charge in [-0.1, -0.05) is 29.4 Å². The third-order valence-corrected chi connectivity index (χ3v) is 11.2. The molecule has 0 saturated carbocycles. The molecule has 3 aliphatic heterocycles. The lowest BCUT2D eigenvalue weighted by molar-refractivity contribution is 0.0434. The minimum atomic E-state index is -3.91. The zero-order chi connectivity index (χ0) is 32.4. The molecule has 3 saturated heterocycles. The molecule has 3 amide bonds. The van der Waals surface area contributed by atoms with E-state index in [1.54, 1.807) is 30.6 Å². The first-order valence-corrected chi connectivity index (χ1v) is 17.6. The number of hydrogen-bond donors (Lipinski definition) is 3. The van der Waals surface area contributed by atoms with Gasteiger partial charge in [0.05, 0.1) is 41.9 Å². The fourth-order valence-electron chi connectivity index (χ4n) is 5.90. The highest BCUT2D eigenvalue weighted by Gasteiger charge is 2.50. The van der Waals surface area contributed by atoms with E-state index in [2.05, 4.69) is 25.5 Å². The van der Waals surface area contributed by atoms with E-state index in [9.17, 15) is 18.0 Å². The summed E-state index contributed by atoms with van der Waals surface area (Å²) in [5.74, 6) is 0.746. The lowest BCUT2D eigenvalue weighted by Gasteiger charge is -2.42. The van der Waals surface area contributed by atoms with Crippen LogP contribution in [0.15, 0.2) is 40.5 Å². The van der Waals surface area contributed by atoms with Crippen molar-refractivity contribution in [2.75, 3.05) is 43.0 Å². The van der Waals surface area contributed by atoms with Gasteiger partial charge in [-0.3, -0.25) is 0 Å². The van der Waals surface area contributed by atoms with Crippen LogP contribution in [0.1, 0.15) is 53.4 Å². The van der Waals surface area contributed by atoms with Crippen LogP contribution in [0, 0.1) is 5.41 Å². The zero-order valence-corrected chi connectivity index (χ0v) is 28.2. The lowest BCUT2D eigenvalue weighted by Crippen LogP contribution is -2.55. The second kappa shape index (κ2) is 13.5. The molecule has 3 fully saturated rings. The molecule has 2 aromatic rings. The van der Waals surface area contributed by atoms with E-state index < -0.39 is 27.9 Å². The van der Waals surface area contributed by atoms with Gasteiger partial charge in [-0.05, 0) is 65.5 Å². The second-order valence-corrected chi connectivity index (χ2v) is 15.7. The highest BCUT2D eigenvalue weighted by atomic mass is 35.5. The van der Waals surface area contributed by atoms with Crippen molar-refractivity contribution in [3.05, 3.63) is 35.6 Å². The highest BCUT2D eigenvalue weighted by Crippen LogP contribution is 2.43. The predicted octanol–water partition coefficient (Wildman–Crippen LogP) is 4.64. The molecule has 2 atom stereocenters. The molecular formula is C29H40ClN7O6S2. The van der Waals surface area contributed by atoms with E-state index in [4.69, 9.17) is 21.1 Å². The van der Waals surface area contributed by atoms with E-state index in [1.165, 1.54) is 16.1 Å². The van der Waals surface area contributed by atoms with Crippen molar-refractivity contribution in [2.45, 2.75) is 81.0 Å². The summed E-state index contributed by atoms with van der Waals surface area (Å²) in [7, 11) is -3.91. The Balaban J connectivity index is 1.17. The smallest absolute Gasteiger partial charge is 0.407 e. The van der Waals surface area contributed by atoms with Crippen molar-refractivity contribution in [3.8, 4) is 0 Å². The Morgan fingerprint density at radius 3 is 2.47 bits per heavy atom. The number of alkyl carbamates (subject to hydrolysis) is 1. The molecule has 0 unspecified atom stereocenters. The molecular weight excluding hydrogens is 642 g/mol. The number of carbonyl (C=O) groups is 2. The number of anilines is 2. The van der Waals surface area contributed by atoms with Crippen LogP contribution < -0.4 is 20.3 Å². The molecule has 0 aliphatic carbocycles. The molecule has 13 nitrogen and oxygen atoms in total. The van der Waals surface area contributed by atoms with Crippen LogP contribution in [0.25, 0.3) is 0 Å². The maximum atomic E-state index is 12.5. The summed E-state index contributed by atoms with van der Waals surface area (Å²) in [6, 6.07) is 4.06. The van der Waals surface area contributed by atoms with Crippen molar-refractivity contribution in [1.29, 1.82) is 0 Å². The van der Waals surface area contributed by atoms with Gasteiger partial charge in [0.2, 0.25) is 0 Å². The van der Waals surface area contributed by atoms with Crippen LogP contribution in [-0.2, 0) is 19.7 Å². The van der Waals surface area contributed by atoms with Gasteiger partial charge in [0.15, 0.2) is 0 Å². The second-order valence-electron chi connectivity index (χ2n) is 12.6. The van der Waals surface area contributed by atoms with Gasteiger partial charge in [0.25, 0.3) is 0 Å². The van der Waals surface area contributed by atoms with Gasteiger partial charge in [0, 0.05) is 36.5 Å². The molecule has 1 spiro atoms. The summed E-state index contributed by atoms with van der Waals surface area (Å²) in [5, 5.41) is 6.46. The topological polar surface area (TPSA) is 155 Å². The fraction of sp³-hybridized carbons (Fsp3) is 0.586. The molecule has 16 heteroatoms. The van der Waals surface area contributed by atoms with Crippen molar-refractivity contribution in [3.63, 3.8) is 0 Å². The van der Waals surface area contributed by atoms with Gasteiger partial charge >= 0.3 is 22.3 Å². The van der Waals surface area contributed by atoms with Crippen molar-refractivity contribution < 1.29 is 27.5 Å².